The van der Waals surface area contributed by atoms with Gasteiger partial charge < -0.3 is 10.4 Å². The van der Waals surface area contributed by atoms with Crippen molar-refractivity contribution in [1.82, 2.24) is 4.98 Å². The van der Waals surface area contributed by atoms with Crippen molar-refractivity contribution in [3.8, 4) is 0 Å². The van der Waals surface area contributed by atoms with Crippen LogP contribution in [-0.4, -0.2) is 16.1 Å². The number of halogens is 2. The standard InChI is InChI=1S/C13H12ClFN2O2S/c1-13(2,11(18)19)10-6-20-12(17-10)16-9-5-7(15)3-4-8(9)14/h3-6H,1-2H3,(H,16,17)(H,18,19). The van der Waals surface area contributed by atoms with E-state index in [-0.39, 0.29) is 0 Å². The SMILES string of the molecule is CC(C)(C(=O)O)c1csc(Nc2cc(F)ccc2Cl)n1. The molecule has 0 aliphatic heterocycles. The van der Waals surface area contributed by atoms with Gasteiger partial charge >= 0.3 is 5.97 Å². The fraction of sp³-hybridized carbons (Fsp3) is 0.231. The zero-order chi connectivity index (χ0) is 14.9. The van der Waals surface area contributed by atoms with E-state index in [1.165, 1.54) is 29.5 Å². The first kappa shape index (κ1) is 14.7. The van der Waals surface area contributed by atoms with Gasteiger partial charge in [0.1, 0.15) is 11.2 Å². The molecule has 0 spiro atoms. The van der Waals surface area contributed by atoms with Gasteiger partial charge in [-0.1, -0.05) is 11.6 Å². The largest absolute Gasteiger partial charge is 0.481 e. The highest BCUT2D eigenvalue weighted by atomic mass is 35.5. The summed E-state index contributed by atoms with van der Waals surface area (Å²) < 4.78 is 13.2. The number of hydrogen-bond donors (Lipinski definition) is 2. The van der Waals surface area contributed by atoms with Gasteiger partial charge in [0.2, 0.25) is 0 Å². The van der Waals surface area contributed by atoms with E-state index in [1.54, 1.807) is 19.2 Å². The number of nitrogens with one attached hydrogen (secondary N) is 1. The molecule has 4 nitrogen and oxygen atoms in total. The molecule has 1 heterocycles. The van der Waals surface area contributed by atoms with Gasteiger partial charge in [0.15, 0.2) is 5.13 Å². The summed E-state index contributed by atoms with van der Waals surface area (Å²) in [5.41, 5.74) is -0.256. The number of aromatic nitrogens is 1. The number of nitrogens with zero attached hydrogens (tertiary/aromatic N) is 1. The third kappa shape index (κ3) is 2.91. The molecular weight excluding hydrogens is 303 g/mol. The third-order valence-electron chi connectivity index (χ3n) is 2.85. The minimum Gasteiger partial charge on any atom is -0.481 e. The molecule has 2 aromatic rings. The molecule has 1 aromatic heterocycles. The Bertz CT molecular complexity index is 658. The van der Waals surface area contributed by atoms with Crippen molar-refractivity contribution in [2.45, 2.75) is 19.3 Å². The van der Waals surface area contributed by atoms with Crippen LogP contribution in [-0.2, 0) is 10.2 Å². The Hall–Kier alpha value is -1.66. The molecule has 2 N–H and O–H groups in total. The maximum atomic E-state index is 13.2. The summed E-state index contributed by atoms with van der Waals surface area (Å²) in [5.74, 6) is -1.38. The molecule has 0 aliphatic carbocycles. The predicted molar refractivity (Wildman–Crippen MR) is 77.5 cm³/mol. The number of thiazole rings is 1. The molecule has 0 fully saturated rings. The summed E-state index contributed by atoms with van der Waals surface area (Å²) in [7, 11) is 0. The lowest BCUT2D eigenvalue weighted by Gasteiger charge is -2.15. The number of benzene rings is 1. The Morgan fingerprint density at radius 3 is 2.85 bits per heavy atom. The number of carboxylic acid groups (broad SMARTS) is 1. The number of rotatable bonds is 4. The molecule has 2 rings (SSSR count). The molecule has 0 saturated carbocycles. The summed E-state index contributed by atoms with van der Waals surface area (Å²) in [6.07, 6.45) is 0. The van der Waals surface area contributed by atoms with E-state index in [0.29, 0.717) is 21.5 Å². The predicted octanol–water partition coefficient (Wildman–Crippen LogP) is 4.04. The fourth-order valence-electron chi connectivity index (χ4n) is 1.44. The van der Waals surface area contributed by atoms with Crippen LogP contribution in [0.5, 0.6) is 0 Å². The van der Waals surface area contributed by atoms with Crippen molar-refractivity contribution in [3.63, 3.8) is 0 Å². The van der Waals surface area contributed by atoms with Crippen molar-refractivity contribution < 1.29 is 14.3 Å². The first-order valence-electron chi connectivity index (χ1n) is 5.72. The van der Waals surface area contributed by atoms with E-state index < -0.39 is 17.2 Å². The second-order valence-corrected chi connectivity index (χ2v) is 5.98. The molecule has 0 atom stereocenters. The van der Waals surface area contributed by atoms with E-state index >= 15 is 0 Å². The van der Waals surface area contributed by atoms with Crippen molar-refractivity contribution in [1.29, 1.82) is 0 Å². The highest BCUT2D eigenvalue weighted by molar-refractivity contribution is 7.13. The first-order valence-corrected chi connectivity index (χ1v) is 6.98. The van der Waals surface area contributed by atoms with E-state index in [9.17, 15) is 9.18 Å². The van der Waals surface area contributed by atoms with E-state index in [4.69, 9.17) is 16.7 Å². The van der Waals surface area contributed by atoms with Crippen molar-refractivity contribution in [2.75, 3.05) is 5.32 Å². The lowest BCUT2D eigenvalue weighted by atomic mass is 9.90. The van der Waals surface area contributed by atoms with Crippen LogP contribution >= 0.6 is 22.9 Å². The Morgan fingerprint density at radius 2 is 2.20 bits per heavy atom. The molecule has 7 heteroatoms. The molecule has 0 aliphatic rings. The molecule has 1 aromatic carbocycles. The molecule has 0 unspecified atom stereocenters. The Balaban J connectivity index is 2.26. The smallest absolute Gasteiger partial charge is 0.315 e. The molecule has 0 radical (unpaired) electrons. The van der Waals surface area contributed by atoms with Crippen molar-refractivity contribution in [2.24, 2.45) is 0 Å². The monoisotopic (exact) mass is 314 g/mol. The molecular formula is C13H12ClFN2O2S. The topological polar surface area (TPSA) is 62.2 Å². The first-order chi connectivity index (χ1) is 9.30. The van der Waals surface area contributed by atoms with Gasteiger partial charge in [-0.05, 0) is 32.0 Å². The summed E-state index contributed by atoms with van der Waals surface area (Å²) in [4.78, 5) is 15.4. The van der Waals surface area contributed by atoms with E-state index in [1.807, 2.05) is 0 Å². The van der Waals surface area contributed by atoms with Crippen LogP contribution in [0.25, 0.3) is 0 Å². The minimum atomic E-state index is -1.08. The highest BCUT2D eigenvalue weighted by Gasteiger charge is 2.32. The maximum absolute atomic E-state index is 13.2. The third-order valence-corrected chi connectivity index (χ3v) is 3.94. The van der Waals surface area contributed by atoms with Crippen LogP contribution in [0.4, 0.5) is 15.2 Å². The zero-order valence-corrected chi connectivity index (χ0v) is 12.3. The molecule has 0 bridgehead atoms. The number of carboxylic acids is 1. The fourth-order valence-corrected chi connectivity index (χ4v) is 2.49. The van der Waals surface area contributed by atoms with Gasteiger partial charge in [-0.15, -0.1) is 11.3 Å². The lowest BCUT2D eigenvalue weighted by Crippen LogP contribution is -2.28. The van der Waals surface area contributed by atoms with Gasteiger partial charge in [0.05, 0.1) is 16.4 Å². The van der Waals surface area contributed by atoms with Gasteiger partial charge in [-0.3, -0.25) is 4.79 Å². The summed E-state index contributed by atoms with van der Waals surface area (Å²) >= 11 is 7.18. The van der Waals surface area contributed by atoms with Gasteiger partial charge in [-0.2, -0.15) is 0 Å². The minimum absolute atomic E-state index is 0.362. The normalized spacial score (nSPS) is 11.4. The Morgan fingerprint density at radius 1 is 1.50 bits per heavy atom. The average molecular weight is 315 g/mol. The number of carbonyl (C=O) groups is 1. The lowest BCUT2D eigenvalue weighted by molar-refractivity contribution is -0.142. The number of anilines is 2. The number of hydrogen-bond acceptors (Lipinski definition) is 4. The summed E-state index contributed by atoms with van der Waals surface area (Å²) in [5, 5.41) is 14.5. The van der Waals surface area contributed by atoms with Gasteiger partial charge in [0, 0.05) is 5.38 Å². The highest BCUT2D eigenvalue weighted by Crippen LogP contribution is 2.31. The molecule has 106 valence electrons. The molecule has 20 heavy (non-hydrogen) atoms. The van der Waals surface area contributed by atoms with Crippen LogP contribution in [0.15, 0.2) is 23.6 Å². The van der Waals surface area contributed by atoms with Crippen molar-refractivity contribution >= 4 is 39.7 Å². The van der Waals surface area contributed by atoms with Crippen LogP contribution in [0.3, 0.4) is 0 Å². The number of aliphatic carboxylic acids is 1. The summed E-state index contributed by atoms with van der Waals surface area (Å²) in [6.45, 7) is 3.15. The van der Waals surface area contributed by atoms with Crippen LogP contribution in [0.2, 0.25) is 5.02 Å². The molecule has 0 saturated heterocycles. The quantitative estimate of drug-likeness (QED) is 0.894. The Kier molecular flexibility index (Phi) is 3.96. The van der Waals surface area contributed by atoms with Crippen molar-refractivity contribution in [3.05, 3.63) is 40.1 Å². The average Bonchev–Trinajstić information content (AvgIpc) is 2.83. The van der Waals surface area contributed by atoms with Crippen LogP contribution in [0.1, 0.15) is 19.5 Å². The zero-order valence-electron chi connectivity index (χ0n) is 10.8. The summed E-state index contributed by atoms with van der Waals surface area (Å²) in [6, 6.07) is 3.95. The van der Waals surface area contributed by atoms with E-state index in [2.05, 4.69) is 10.3 Å². The molecule has 0 amide bonds. The van der Waals surface area contributed by atoms with Crippen LogP contribution < -0.4 is 5.32 Å². The van der Waals surface area contributed by atoms with Gasteiger partial charge in [-0.25, -0.2) is 9.37 Å². The van der Waals surface area contributed by atoms with E-state index in [0.717, 1.165) is 0 Å². The van der Waals surface area contributed by atoms with Gasteiger partial charge in [0.25, 0.3) is 0 Å². The Labute approximate surface area is 124 Å². The second-order valence-electron chi connectivity index (χ2n) is 4.72. The maximum Gasteiger partial charge on any atom is 0.315 e. The second kappa shape index (κ2) is 5.38. The van der Waals surface area contributed by atoms with Crippen LogP contribution in [0, 0.1) is 5.82 Å².